The van der Waals surface area contributed by atoms with E-state index in [2.05, 4.69) is 0 Å². The maximum absolute atomic E-state index is 11.0. The molecule has 2 aliphatic heterocycles. The van der Waals surface area contributed by atoms with E-state index < -0.39 is 11.9 Å². The largest absolute Gasteiger partial charge is 0.351 e. The molecule has 2 rings (SSSR count). The van der Waals surface area contributed by atoms with E-state index in [1.54, 1.807) is 0 Å². The van der Waals surface area contributed by atoms with Crippen molar-refractivity contribution in [1.82, 2.24) is 9.96 Å². The number of urea groups is 1. The molecule has 0 saturated carbocycles. The summed E-state index contributed by atoms with van der Waals surface area (Å²) in [6, 6.07) is -0.954. The molecule has 2 saturated heterocycles. The molecule has 60 valence electrons. The molecule has 5 heteroatoms. The van der Waals surface area contributed by atoms with Crippen LogP contribution < -0.4 is 0 Å². The number of amides is 3. The van der Waals surface area contributed by atoms with Crippen LogP contribution in [0.4, 0.5) is 4.79 Å². The first-order chi connectivity index (χ1) is 5.22. The van der Waals surface area contributed by atoms with Gasteiger partial charge in [0.2, 0.25) is 0 Å². The Balaban J connectivity index is 2.30. The van der Waals surface area contributed by atoms with Crippen LogP contribution in [0.1, 0.15) is 12.8 Å². The normalized spacial score (nSPS) is 30.1. The lowest BCUT2D eigenvalue weighted by Crippen LogP contribution is -2.30. The van der Waals surface area contributed by atoms with Crippen LogP contribution in [0.15, 0.2) is 0 Å². The molecular weight excluding hydrogens is 148 g/mol. The van der Waals surface area contributed by atoms with Gasteiger partial charge in [-0.2, -0.15) is 0 Å². The van der Waals surface area contributed by atoms with Crippen molar-refractivity contribution in [3.05, 3.63) is 0 Å². The summed E-state index contributed by atoms with van der Waals surface area (Å²) in [6.45, 7) is 0.590. The monoisotopic (exact) mass is 156 g/mol. The molecule has 0 aromatic carbocycles. The van der Waals surface area contributed by atoms with Gasteiger partial charge in [0, 0.05) is 6.54 Å². The first-order valence-electron chi connectivity index (χ1n) is 3.55. The predicted molar refractivity (Wildman–Crippen MR) is 33.8 cm³/mol. The van der Waals surface area contributed by atoms with E-state index in [4.69, 9.17) is 5.21 Å². The Bertz CT molecular complexity index is 206. The molecule has 2 aliphatic rings. The summed E-state index contributed by atoms with van der Waals surface area (Å²) in [5.41, 5.74) is 0. The summed E-state index contributed by atoms with van der Waals surface area (Å²) in [4.78, 5) is 23.4. The number of rotatable bonds is 0. The van der Waals surface area contributed by atoms with Gasteiger partial charge >= 0.3 is 6.03 Å². The van der Waals surface area contributed by atoms with Crippen molar-refractivity contribution >= 4 is 11.9 Å². The highest BCUT2D eigenvalue weighted by Crippen LogP contribution is 2.25. The van der Waals surface area contributed by atoms with Crippen LogP contribution in [0.2, 0.25) is 0 Å². The summed E-state index contributed by atoms with van der Waals surface area (Å²) in [5.74, 6) is -0.479. The summed E-state index contributed by atoms with van der Waals surface area (Å²) < 4.78 is 0. The standard InChI is InChI=1S/C6H8N2O3/c9-5-4-2-1-3-7(4)6(10)8(5)11/h4,11H,1-3H2. The molecular formula is C6H8N2O3. The van der Waals surface area contributed by atoms with Gasteiger partial charge in [-0.1, -0.05) is 0 Å². The number of fused-ring (bicyclic) bond motifs is 1. The maximum atomic E-state index is 11.0. The molecule has 2 fully saturated rings. The minimum absolute atomic E-state index is 0.212. The number of nitrogens with zero attached hydrogens (tertiary/aromatic N) is 2. The quantitative estimate of drug-likeness (QED) is 0.390. The molecule has 5 nitrogen and oxygen atoms in total. The number of imide groups is 1. The Morgan fingerprint density at radius 3 is 2.82 bits per heavy atom. The Labute approximate surface area is 63.1 Å². The fourth-order valence-corrected chi connectivity index (χ4v) is 1.61. The average Bonchev–Trinajstić information content (AvgIpc) is 2.53. The van der Waals surface area contributed by atoms with E-state index in [9.17, 15) is 9.59 Å². The summed E-state index contributed by atoms with van der Waals surface area (Å²) in [7, 11) is 0. The third-order valence-electron chi connectivity index (χ3n) is 2.17. The molecule has 1 unspecified atom stereocenters. The highest BCUT2D eigenvalue weighted by molar-refractivity contribution is 6.03. The fourth-order valence-electron chi connectivity index (χ4n) is 1.61. The predicted octanol–water partition coefficient (Wildman–Crippen LogP) is -0.198. The van der Waals surface area contributed by atoms with E-state index in [1.165, 1.54) is 4.90 Å². The van der Waals surface area contributed by atoms with Crippen molar-refractivity contribution in [1.29, 1.82) is 0 Å². The van der Waals surface area contributed by atoms with Gasteiger partial charge in [-0.05, 0) is 12.8 Å². The number of hydrogen-bond donors (Lipinski definition) is 1. The van der Waals surface area contributed by atoms with Gasteiger partial charge in [-0.25, -0.2) is 4.79 Å². The van der Waals surface area contributed by atoms with Crippen LogP contribution in [-0.2, 0) is 4.79 Å². The zero-order valence-corrected chi connectivity index (χ0v) is 5.86. The molecule has 0 aromatic heterocycles. The number of carbonyl (C=O) groups excluding carboxylic acids is 2. The van der Waals surface area contributed by atoms with Gasteiger partial charge in [-0.3, -0.25) is 10.0 Å². The third-order valence-corrected chi connectivity index (χ3v) is 2.17. The van der Waals surface area contributed by atoms with E-state index >= 15 is 0 Å². The minimum atomic E-state index is -0.572. The summed E-state index contributed by atoms with van der Waals surface area (Å²) in [5, 5.41) is 9.08. The second-order valence-electron chi connectivity index (χ2n) is 2.78. The van der Waals surface area contributed by atoms with E-state index in [0.29, 0.717) is 13.0 Å². The molecule has 1 N–H and O–H groups in total. The summed E-state index contributed by atoms with van der Waals surface area (Å²) in [6.07, 6.45) is 1.54. The SMILES string of the molecule is O=C1C2CCCN2C(=O)N1O. The number of hydrogen-bond acceptors (Lipinski definition) is 3. The molecule has 1 atom stereocenters. The van der Waals surface area contributed by atoms with Crippen molar-refractivity contribution in [2.75, 3.05) is 6.54 Å². The topological polar surface area (TPSA) is 60.9 Å². The Morgan fingerprint density at radius 2 is 2.18 bits per heavy atom. The Morgan fingerprint density at radius 1 is 1.45 bits per heavy atom. The zero-order valence-electron chi connectivity index (χ0n) is 5.86. The van der Waals surface area contributed by atoms with Crippen molar-refractivity contribution in [3.63, 3.8) is 0 Å². The smallest absolute Gasteiger partial charge is 0.310 e. The second-order valence-corrected chi connectivity index (χ2v) is 2.78. The van der Waals surface area contributed by atoms with Crippen molar-refractivity contribution < 1.29 is 14.8 Å². The van der Waals surface area contributed by atoms with E-state index in [0.717, 1.165) is 6.42 Å². The zero-order chi connectivity index (χ0) is 8.01. The second kappa shape index (κ2) is 1.94. The highest BCUT2D eigenvalue weighted by atomic mass is 16.5. The third kappa shape index (κ3) is 0.683. The van der Waals surface area contributed by atoms with E-state index in [1.807, 2.05) is 0 Å². The van der Waals surface area contributed by atoms with Crippen LogP contribution in [-0.4, -0.2) is 39.7 Å². The van der Waals surface area contributed by atoms with Crippen LogP contribution in [0.3, 0.4) is 0 Å². The molecule has 0 aliphatic carbocycles. The van der Waals surface area contributed by atoms with Gasteiger partial charge in [-0.15, -0.1) is 5.06 Å². The fraction of sp³-hybridized carbons (Fsp3) is 0.667. The number of carbonyl (C=O) groups is 2. The lowest BCUT2D eigenvalue weighted by atomic mass is 10.2. The average molecular weight is 156 g/mol. The molecule has 0 bridgehead atoms. The van der Waals surface area contributed by atoms with Crippen LogP contribution in [0, 0.1) is 0 Å². The lowest BCUT2D eigenvalue weighted by molar-refractivity contribution is -0.149. The van der Waals surface area contributed by atoms with Crippen LogP contribution >= 0.6 is 0 Å². The van der Waals surface area contributed by atoms with Crippen molar-refractivity contribution in [3.8, 4) is 0 Å². The van der Waals surface area contributed by atoms with Crippen LogP contribution in [0.5, 0.6) is 0 Å². The molecule has 2 heterocycles. The Kier molecular flexibility index (Phi) is 1.17. The molecule has 3 amide bonds. The Hall–Kier alpha value is -1.10. The molecule has 0 radical (unpaired) electrons. The maximum Gasteiger partial charge on any atom is 0.351 e. The molecule has 0 spiro atoms. The highest BCUT2D eigenvalue weighted by Gasteiger charge is 2.47. The molecule has 11 heavy (non-hydrogen) atoms. The first-order valence-corrected chi connectivity index (χ1v) is 3.55. The van der Waals surface area contributed by atoms with E-state index in [-0.39, 0.29) is 11.1 Å². The number of hydroxylamine groups is 2. The van der Waals surface area contributed by atoms with Crippen molar-refractivity contribution in [2.45, 2.75) is 18.9 Å². The van der Waals surface area contributed by atoms with Gasteiger partial charge < -0.3 is 4.90 Å². The first kappa shape index (κ1) is 6.60. The molecule has 0 aromatic rings. The van der Waals surface area contributed by atoms with Gasteiger partial charge in [0.1, 0.15) is 6.04 Å². The summed E-state index contributed by atoms with van der Waals surface area (Å²) >= 11 is 0. The minimum Gasteiger partial charge on any atom is -0.310 e. The lowest BCUT2D eigenvalue weighted by Gasteiger charge is -2.09. The van der Waals surface area contributed by atoms with Gasteiger partial charge in [0.15, 0.2) is 0 Å². The van der Waals surface area contributed by atoms with Gasteiger partial charge in [0.05, 0.1) is 0 Å². The van der Waals surface area contributed by atoms with Crippen LogP contribution in [0.25, 0.3) is 0 Å². The van der Waals surface area contributed by atoms with Gasteiger partial charge in [0.25, 0.3) is 5.91 Å². The van der Waals surface area contributed by atoms with Crippen molar-refractivity contribution in [2.24, 2.45) is 0 Å².